The summed E-state index contributed by atoms with van der Waals surface area (Å²) in [5, 5.41) is 19.7. The van der Waals surface area contributed by atoms with Crippen LogP contribution < -0.4 is 9.47 Å². The van der Waals surface area contributed by atoms with Crippen LogP contribution in [-0.4, -0.2) is 43.3 Å². The van der Waals surface area contributed by atoms with Crippen molar-refractivity contribution in [1.82, 2.24) is 0 Å². The van der Waals surface area contributed by atoms with E-state index in [1.807, 2.05) is 6.07 Å². The van der Waals surface area contributed by atoms with E-state index in [2.05, 4.69) is 19.1 Å². The summed E-state index contributed by atoms with van der Waals surface area (Å²) in [7, 11) is 1.66. The number of carboxylic acids is 1. The third kappa shape index (κ3) is 4.60. The Bertz CT molecular complexity index is 1090. The van der Waals surface area contributed by atoms with Gasteiger partial charge in [0.15, 0.2) is 5.78 Å². The minimum atomic E-state index is -1.24. The van der Waals surface area contributed by atoms with Crippen LogP contribution in [0.4, 0.5) is 0 Å². The van der Waals surface area contributed by atoms with Gasteiger partial charge in [0, 0.05) is 38.2 Å². The zero-order chi connectivity index (χ0) is 24.3. The highest BCUT2D eigenvalue weighted by Crippen LogP contribution is 2.56. The molecule has 1 aromatic carbocycles. The summed E-state index contributed by atoms with van der Waals surface area (Å²) in [6.45, 7) is 3.19. The van der Waals surface area contributed by atoms with Gasteiger partial charge in [-0.05, 0) is 67.4 Å². The first-order valence-corrected chi connectivity index (χ1v) is 12.0. The highest BCUT2D eigenvalue weighted by Gasteiger charge is 2.55. The maximum Gasteiger partial charge on any atom is 0.339 e. The largest absolute Gasteiger partial charge is 0.493 e. The van der Waals surface area contributed by atoms with Crippen molar-refractivity contribution in [3.05, 3.63) is 40.5 Å². The smallest absolute Gasteiger partial charge is 0.339 e. The molecule has 1 aliphatic heterocycles. The molecule has 3 aliphatic rings. The zero-order valence-electron chi connectivity index (χ0n) is 19.8. The lowest BCUT2D eigenvalue weighted by Gasteiger charge is -2.33. The first-order valence-electron chi connectivity index (χ1n) is 12.0. The third-order valence-electron chi connectivity index (χ3n) is 6.92. The van der Waals surface area contributed by atoms with E-state index in [4.69, 9.17) is 14.2 Å². The lowest BCUT2D eigenvalue weighted by atomic mass is 9.82. The molecular weight excluding hydrogens is 434 g/mol. The van der Waals surface area contributed by atoms with Gasteiger partial charge in [-0.25, -0.2) is 4.79 Å². The summed E-state index contributed by atoms with van der Waals surface area (Å²) in [4.78, 5) is 24.6. The number of nitriles is 1. The third-order valence-corrected chi connectivity index (χ3v) is 6.92. The second kappa shape index (κ2) is 10.0. The lowest BCUT2D eigenvalue weighted by Crippen LogP contribution is -2.33. The molecule has 1 saturated carbocycles. The summed E-state index contributed by atoms with van der Waals surface area (Å²) in [6.07, 6.45) is 6.02. The van der Waals surface area contributed by atoms with Crippen LogP contribution in [-0.2, 0) is 20.7 Å². The molecule has 180 valence electrons. The fourth-order valence-electron chi connectivity index (χ4n) is 4.80. The number of ketones is 1. The summed E-state index contributed by atoms with van der Waals surface area (Å²) in [6, 6.07) is 6.38. The van der Waals surface area contributed by atoms with E-state index in [-0.39, 0.29) is 17.8 Å². The molecule has 1 N–H and O–H groups in total. The van der Waals surface area contributed by atoms with E-state index in [0.29, 0.717) is 50.2 Å². The van der Waals surface area contributed by atoms with Gasteiger partial charge in [0.1, 0.15) is 23.2 Å². The average molecular weight is 466 g/mol. The number of allylic oxidation sites excluding steroid dienone is 1. The summed E-state index contributed by atoms with van der Waals surface area (Å²) < 4.78 is 17.6. The van der Waals surface area contributed by atoms with Gasteiger partial charge >= 0.3 is 5.97 Å². The van der Waals surface area contributed by atoms with Gasteiger partial charge in [0.25, 0.3) is 0 Å². The first-order chi connectivity index (χ1) is 16.4. The number of carboxylic acid groups (broad SMARTS) is 1. The Balaban J connectivity index is 1.85. The number of hydrogen-bond acceptors (Lipinski definition) is 6. The predicted octanol–water partition coefficient (Wildman–Crippen LogP) is 4.64. The Morgan fingerprint density at radius 3 is 2.68 bits per heavy atom. The Morgan fingerprint density at radius 2 is 2.03 bits per heavy atom. The van der Waals surface area contributed by atoms with Crippen molar-refractivity contribution in [2.24, 2.45) is 5.41 Å². The van der Waals surface area contributed by atoms with E-state index < -0.39 is 17.5 Å². The number of hydrogen-bond donors (Lipinski definition) is 1. The maximum atomic E-state index is 12.6. The van der Waals surface area contributed by atoms with Crippen LogP contribution in [0.25, 0.3) is 5.57 Å². The average Bonchev–Trinajstić information content (AvgIpc) is 3.62. The topological polar surface area (TPSA) is 106 Å². The maximum absolute atomic E-state index is 12.6. The van der Waals surface area contributed by atoms with Crippen LogP contribution >= 0.6 is 0 Å². The van der Waals surface area contributed by atoms with Gasteiger partial charge in [-0.1, -0.05) is 6.92 Å². The molecule has 1 unspecified atom stereocenters. The Labute approximate surface area is 200 Å². The Kier molecular flexibility index (Phi) is 7.08. The van der Waals surface area contributed by atoms with Crippen LogP contribution in [0.1, 0.15) is 63.0 Å². The molecule has 2 aliphatic carbocycles. The van der Waals surface area contributed by atoms with Crippen LogP contribution in [0.5, 0.6) is 11.5 Å². The van der Waals surface area contributed by atoms with E-state index in [9.17, 15) is 20.0 Å². The van der Waals surface area contributed by atoms with E-state index in [1.165, 1.54) is 6.08 Å². The molecule has 0 amide bonds. The van der Waals surface area contributed by atoms with Gasteiger partial charge in [-0.15, -0.1) is 0 Å². The van der Waals surface area contributed by atoms with Crippen molar-refractivity contribution >= 4 is 17.3 Å². The Morgan fingerprint density at radius 1 is 1.26 bits per heavy atom. The van der Waals surface area contributed by atoms with Crippen LogP contribution in [0.3, 0.4) is 0 Å². The summed E-state index contributed by atoms with van der Waals surface area (Å²) in [5.41, 5.74) is 2.63. The van der Waals surface area contributed by atoms with Gasteiger partial charge in [0.2, 0.25) is 0 Å². The molecule has 0 radical (unpaired) electrons. The zero-order valence-corrected chi connectivity index (χ0v) is 19.8. The van der Waals surface area contributed by atoms with Crippen molar-refractivity contribution in [3.63, 3.8) is 0 Å². The molecular formula is C27H31NO6. The standard InChI is InChI=1S/C27H31NO6/c1-3-17-13-19-18-7-4-5-8-22(29)21(26(30)31)14-20(18)25(27(16-28)9-10-27)34-24(19)15-23(17)33-12-6-11-32-2/h13-15,25H,3-12H2,1-2H3,(H,30,31)/b21-14+. The van der Waals surface area contributed by atoms with Crippen molar-refractivity contribution < 1.29 is 28.9 Å². The number of Topliss-reactive ketones (excluding diaryl/α,β-unsaturated/α-hetero) is 1. The fraction of sp³-hybridized carbons (Fsp3) is 0.519. The normalized spacial score (nSPS) is 22.6. The second-order valence-corrected chi connectivity index (χ2v) is 9.20. The van der Waals surface area contributed by atoms with Gasteiger partial charge in [0.05, 0.1) is 18.1 Å². The van der Waals surface area contributed by atoms with E-state index in [0.717, 1.165) is 41.7 Å². The number of benzene rings is 1. The van der Waals surface area contributed by atoms with Crippen molar-refractivity contribution in [2.45, 2.75) is 64.4 Å². The molecule has 1 fully saturated rings. The molecule has 0 spiro atoms. The van der Waals surface area contributed by atoms with Gasteiger partial charge < -0.3 is 19.3 Å². The second-order valence-electron chi connectivity index (χ2n) is 9.20. The lowest BCUT2D eigenvalue weighted by molar-refractivity contribution is -0.134. The molecule has 0 bridgehead atoms. The summed E-state index contributed by atoms with van der Waals surface area (Å²) in [5.74, 6) is -0.206. The van der Waals surface area contributed by atoms with Crippen molar-refractivity contribution in [1.29, 1.82) is 5.26 Å². The van der Waals surface area contributed by atoms with E-state index in [1.54, 1.807) is 7.11 Å². The minimum absolute atomic E-state index is 0.203. The monoisotopic (exact) mass is 465 g/mol. The summed E-state index contributed by atoms with van der Waals surface area (Å²) >= 11 is 0. The van der Waals surface area contributed by atoms with E-state index >= 15 is 0 Å². The number of ether oxygens (including phenoxy) is 3. The number of rotatable bonds is 8. The fourth-order valence-corrected chi connectivity index (χ4v) is 4.80. The number of carbonyl (C=O) groups is 2. The molecule has 7 heteroatoms. The SMILES string of the molecule is CCc1cc2c(cc1OCCCOC)OC(C1(C#N)CC1)C1=C2CCCCC(=O)/C(C(=O)O)=C\1. The quantitative estimate of drug-likeness (QED) is 0.440. The molecule has 4 rings (SSSR count). The van der Waals surface area contributed by atoms with Crippen LogP contribution in [0.2, 0.25) is 0 Å². The molecule has 1 heterocycles. The highest BCUT2D eigenvalue weighted by molar-refractivity contribution is 6.17. The molecule has 1 atom stereocenters. The number of nitrogens with zero attached hydrogens (tertiary/aromatic N) is 1. The predicted molar refractivity (Wildman–Crippen MR) is 126 cm³/mol. The molecule has 34 heavy (non-hydrogen) atoms. The van der Waals surface area contributed by atoms with Crippen LogP contribution in [0, 0.1) is 16.7 Å². The van der Waals surface area contributed by atoms with Crippen molar-refractivity contribution in [2.75, 3.05) is 20.3 Å². The molecule has 0 saturated heterocycles. The van der Waals surface area contributed by atoms with Gasteiger partial charge in [-0.2, -0.15) is 5.26 Å². The number of carbonyl (C=O) groups excluding carboxylic acids is 1. The first kappa shape index (κ1) is 24.0. The number of aliphatic carboxylic acids is 1. The number of fused-ring (bicyclic) bond motifs is 2. The molecule has 1 aromatic rings. The molecule has 0 aromatic heterocycles. The molecule has 7 nitrogen and oxygen atoms in total. The number of methoxy groups -OCH3 is 1. The van der Waals surface area contributed by atoms with Gasteiger partial charge in [-0.3, -0.25) is 4.79 Å². The minimum Gasteiger partial charge on any atom is -0.493 e. The number of aryl methyl sites for hydroxylation is 1. The Hall–Kier alpha value is -3.11. The highest BCUT2D eigenvalue weighted by atomic mass is 16.5. The van der Waals surface area contributed by atoms with Crippen LogP contribution in [0.15, 0.2) is 29.4 Å². The van der Waals surface area contributed by atoms with Crippen molar-refractivity contribution in [3.8, 4) is 17.6 Å².